The van der Waals surface area contributed by atoms with Crippen molar-refractivity contribution in [3.05, 3.63) is 29.8 Å². The SMILES string of the molecule is Nc1nsc(NC2COc3ccccc32)n1. The van der Waals surface area contributed by atoms with Crippen LogP contribution in [-0.2, 0) is 0 Å². The molecule has 3 N–H and O–H groups in total. The van der Waals surface area contributed by atoms with Crippen LogP contribution in [0.3, 0.4) is 0 Å². The Labute approximate surface area is 96.4 Å². The summed E-state index contributed by atoms with van der Waals surface area (Å²) < 4.78 is 9.47. The van der Waals surface area contributed by atoms with Gasteiger partial charge in [0.25, 0.3) is 0 Å². The Morgan fingerprint density at radius 3 is 3.12 bits per heavy atom. The molecule has 1 aliphatic rings. The first-order chi connectivity index (χ1) is 7.83. The van der Waals surface area contributed by atoms with Crippen molar-refractivity contribution in [2.24, 2.45) is 0 Å². The van der Waals surface area contributed by atoms with Crippen molar-refractivity contribution < 1.29 is 4.74 Å². The number of benzene rings is 1. The largest absolute Gasteiger partial charge is 0.491 e. The molecule has 82 valence electrons. The Hall–Kier alpha value is -1.82. The van der Waals surface area contributed by atoms with Gasteiger partial charge in [0.15, 0.2) is 0 Å². The fourth-order valence-corrected chi connectivity index (χ4v) is 2.27. The van der Waals surface area contributed by atoms with Crippen LogP contribution in [-0.4, -0.2) is 16.0 Å². The van der Waals surface area contributed by atoms with E-state index in [1.165, 1.54) is 11.5 Å². The van der Waals surface area contributed by atoms with E-state index in [1.807, 2.05) is 24.3 Å². The second kappa shape index (κ2) is 3.64. The third-order valence-corrected chi connectivity index (χ3v) is 3.10. The van der Waals surface area contributed by atoms with Gasteiger partial charge in [0.2, 0.25) is 11.1 Å². The predicted octanol–water partition coefficient (Wildman–Crippen LogP) is 1.67. The summed E-state index contributed by atoms with van der Waals surface area (Å²) in [6.45, 7) is 0.610. The highest BCUT2D eigenvalue weighted by atomic mass is 32.1. The summed E-state index contributed by atoms with van der Waals surface area (Å²) in [6.07, 6.45) is 0. The monoisotopic (exact) mass is 234 g/mol. The Balaban J connectivity index is 1.83. The van der Waals surface area contributed by atoms with Gasteiger partial charge >= 0.3 is 0 Å². The maximum atomic E-state index is 5.55. The molecule has 5 nitrogen and oxygen atoms in total. The highest BCUT2D eigenvalue weighted by molar-refractivity contribution is 7.09. The van der Waals surface area contributed by atoms with E-state index in [0.29, 0.717) is 12.6 Å². The molecule has 1 unspecified atom stereocenters. The fourth-order valence-electron chi connectivity index (χ4n) is 1.72. The highest BCUT2D eigenvalue weighted by Crippen LogP contribution is 2.34. The third-order valence-electron chi connectivity index (χ3n) is 2.44. The van der Waals surface area contributed by atoms with Crippen molar-refractivity contribution >= 4 is 22.6 Å². The number of nitrogens with zero attached hydrogens (tertiary/aromatic N) is 2. The highest BCUT2D eigenvalue weighted by Gasteiger charge is 2.24. The number of hydrogen-bond acceptors (Lipinski definition) is 6. The van der Waals surface area contributed by atoms with Gasteiger partial charge in [-0.2, -0.15) is 9.36 Å². The molecule has 0 bridgehead atoms. The summed E-state index contributed by atoms with van der Waals surface area (Å²) in [4.78, 5) is 4.07. The number of ether oxygens (including phenoxy) is 1. The van der Waals surface area contributed by atoms with Crippen molar-refractivity contribution in [3.8, 4) is 5.75 Å². The van der Waals surface area contributed by atoms with Gasteiger partial charge in [-0.1, -0.05) is 18.2 Å². The van der Waals surface area contributed by atoms with Crippen LogP contribution in [0, 0.1) is 0 Å². The molecular formula is C10H10N4OS. The standard InChI is InChI=1S/C10H10N4OS/c11-9-13-10(16-14-9)12-7-5-15-8-4-2-1-3-6(7)8/h1-4,7H,5H2,(H3,11,12,13,14). The summed E-state index contributed by atoms with van der Waals surface area (Å²) in [5.41, 5.74) is 6.61. The van der Waals surface area contributed by atoms with Gasteiger partial charge in [-0.05, 0) is 6.07 Å². The second-order valence-corrected chi connectivity index (χ2v) is 4.26. The summed E-state index contributed by atoms with van der Waals surface area (Å²) in [5.74, 6) is 1.23. The van der Waals surface area contributed by atoms with Gasteiger partial charge in [0.05, 0.1) is 6.04 Å². The van der Waals surface area contributed by atoms with Gasteiger partial charge in [-0.3, -0.25) is 0 Å². The average molecular weight is 234 g/mol. The topological polar surface area (TPSA) is 73.1 Å². The van der Waals surface area contributed by atoms with Gasteiger partial charge in [0.1, 0.15) is 12.4 Å². The van der Waals surface area contributed by atoms with Gasteiger partial charge in [0, 0.05) is 17.1 Å². The molecule has 6 heteroatoms. The van der Waals surface area contributed by atoms with Crippen molar-refractivity contribution in [1.82, 2.24) is 9.36 Å². The average Bonchev–Trinajstić information content (AvgIpc) is 2.87. The molecule has 2 aromatic rings. The van der Waals surface area contributed by atoms with E-state index in [4.69, 9.17) is 10.5 Å². The molecule has 2 heterocycles. The molecule has 0 spiro atoms. The summed E-state index contributed by atoms with van der Waals surface area (Å²) in [7, 11) is 0. The van der Waals surface area contributed by atoms with E-state index in [2.05, 4.69) is 14.7 Å². The normalized spacial score (nSPS) is 17.9. The van der Waals surface area contributed by atoms with Crippen LogP contribution in [0.15, 0.2) is 24.3 Å². The van der Waals surface area contributed by atoms with E-state index in [1.54, 1.807) is 0 Å². The molecule has 0 saturated carbocycles. The molecule has 0 fully saturated rings. The van der Waals surface area contributed by atoms with Gasteiger partial charge in [-0.25, -0.2) is 0 Å². The molecule has 1 aromatic carbocycles. The summed E-state index contributed by atoms with van der Waals surface area (Å²) in [5, 5.41) is 3.98. The molecule has 1 atom stereocenters. The third kappa shape index (κ3) is 1.57. The first-order valence-corrected chi connectivity index (χ1v) is 5.68. The summed E-state index contributed by atoms with van der Waals surface area (Å²) >= 11 is 1.26. The Bertz CT molecular complexity index is 513. The predicted molar refractivity (Wildman–Crippen MR) is 62.6 cm³/mol. The van der Waals surface area contributed by atoms with Crippen LogP contribution >= 0.6 is 11.5 Å². The Morgan fingerprint density at radius 2 is 2.31 bits per heavy atom. The molecule has 0 saturated heterocycles. The lowest BCUT2D eigenvalue weighted by atomic mass is 10.1. The van der Waals surface area contributed by atoms with E-state index < -0.39 is 0 Å². The molecule has 16 heavy (non-hydrogen) atoms. The first-order valence-electron chi connectivity index (χ1n) is 4.90. The summed E-state index contributed by atoms with van der Waals surface area (Å²) in [6, 6.07) is 8.10. The number of rotatable bonds is 2. The Morgan fingerprint density at radius 1 is 1.44 bits per heavy atom. The number of aromatic nitrogens is 2. The quantitative estimate of drug-likeness (QED) is 0.826. The lowest BCUT2D eigenvalue weighted by molar-refractivity contribution is 0.340. The lowest BCUT2D eigenvalue weighted by Crippen LogP contribution is -2.11. The number of nitrogen functional groups attached to an aromatic ring is 1. The minimum atomic E-state index is 0.128. The van der Waals surface area contributed by atoms with Crippen LogP contribution in [0.2, 0.25) is 0 Å². The number of anilines is 2. The number of nitrogens with two attached hydrogens (primary N) is 1. The van der Waals surface area contributed by atoms with Crippen LogP contribution in [0.25, 0.3) is 0 Å². The zero-order chi connectivity index (χ0) is 11.0. The number of nitrogens with one attached hydrogen (secondary N) is 1. The second-order valence-electron chi connectivity index (χ2n) is 3.50. The molecule has 1 aromatic heterocycles. The number of hydrogen-bond donors (Lipinski definition) is 2. The molecule has 0 aliphatic carbocycles. The number of para-hydroxylation sites is 1. The molecular weight excluding hydrogens is 224 g/mol. The lowest BCUT2D eigenvalue weighted by Gasteiger charge is -2.08. The first kappa shape index (κ1) is 9.41. The van der Waals surface area contributed by atoms with Gasteiger partial charge < -0.3 is 15.8 Å². The smallest absolute Gasteiger partial charge is 0.233 e. The van der Waals surface area contributed by atoms with Crippen molar-refractivity contribution in [2.45, 2.75) is 6.04 Å². The zero-order valence-electron chi connectivity index (χ0n) is 8.38. The van der Waals surface area contributed by atoms with Crippen molar-refractivity contribution in [3.63, 3.8) is 0 Å². The minimum Gasteiger partial charge on any atom is -0.491 e. The maximum Gasteiger partial charge on any atom is 0.233 e. The molecule has 3 rings (SSSR count). The van der Waals surface area contributed by atoms with Crippen molar-refractivity contribution in [2.75, 3.05) is 17.7 Å². The zero-order valence-corrected chi connectivity index (χ0v) is 9.20. The van der Waals surface area contributed by atoms with Crippen LogP contribution in [0.1, 0.15) is 11.6 Å². The maximum absolute atomic E-state index is 5.55. The van der Waals surface area contributed by atoms with Crippen LogP contribution in [0.5, 0.6) is 5.75 Å². The Kier molecular flexibility index (Phi) is 2.14. The van der Waals surface area contributed by atoms with E-state index in [9.17, 15) is 0 Å². The fraction of sp³-hybridized carbons (Fsp3) is 0.200. The van der Waals surface area contributed by atoms with E-state index >= 15 is 0 Å². The van der Waals surface area contributed by atoms with Gasteiger partial charge in [-0.15, -0.1) is 0 Å². The minimum absolute atomic E-state index is 0.128. The number of fused-ring (bicyclic) bond motifs is 1. The molecule has 1 aliphatic heterocycles. The van der Waals surface area contributed by atoms with Crippen molar-refractivity contribution in [1.29, 1.82) is 0 Å². The van der Waals surface area contributed by atoms with Crippen LogP contribution < -0.4 is 15.8 Å². The van der Waals surface area contributed by atoms with E-state index in [0.717, 1.165) is 16.4 Å². The molecule has 0 radical (unpaired) electrons. The molecule has 0 amide bonds. The van der Waals surface area contributed by atoms with Crippen LogP contribution in [0.4, 0.5) is 11.1 Å². The van der Waals surface area contributed by atoms with E-state index in [-0.39, 0.29) is 6.04 Å².